The van der Waals surface area contributed by atoms with E-state index < -0.39 is 41.8 Å². The largest absolute Gasteiger partial charge is 0.444 e. The number of nitrogens with two attached hydrogens (primary N) is 1. The number of hydrogen-bond donors (Lipinski definition) is 4. The van der Waals surface area contributed by atoms with E-state index in [2.05, 4.69) is 10.6 Å². The number of aliphatic hydroxyl groups is 1. The Hall–Kier alpha value is -2.36. The van der Waals surface area contributed by atoms with Crippen LogP contribution in [0, 0.1) is 23.7 Å². The molecule has 4 amide bonds. The number of nitrogens with zero attached hydrogens (tertiary/aromatic N) is 1. The number of primary amides is 1. The van der Waals surface area contributed by atoms with Gasteiger partial charge in [-0.2, -0.15) is 0 Å². The van der Waals surface area contributed by atoms with E-state index in [4.69, 9.17) is 10.5 Å². The van der Waals surface area contributed by atoms with Crippen molar-refractivity contribution in [3.05, 3.63) is 0 Å². The smallest absolute Gasteiger partial charge is 0.408 e. The van der Waals surface area contributed by atoms with E-state index in [1.54, 1.807) is 25.7 Å². The van der Waals surface area contributed by atoms with Gasteiger partial charge in [0.15, 0.2) is 6.10 Å². The second-order valence-electron chi connectivity index (χ2n) is 13.2. The molecule has 3 unspecified atom stereocenters. The molecule has 1 saturated heterocycles. The topological polar surface area (TPSA) is 151 Å². The number of amides is 4. The fourth-order valence-corrected chi connectivity index (χ4v) is 6.38. The average molecular weight is 551 g/mol. The molecule has 0 radical (unpaired) electrons. The first-order chi connectivity index (χ1) is 18.3. The van der Waals surface area contributed by atoms with Crippen molar-refractivity contribution in [3.8, 4) is 0 Å². The first kappa shape index (κ1) is 31.2. The van der Waals surface area contributed by atoms with Crippen LogP contribution < -0.4 is 16.4 Å². The lowest BCUT2D eigenvalue weighted by Crippen LogP contribution is -2.60. The second-order valence-corrected chi connectivity index (χ2v) is 13.2. The quantitative estimate of drug-likeness (QED) is 0.328. The number of ether oxygens (including phenoxy) is 1. The maximum absolute atomic E-state index is 14.1. The second kappa shape index (κ2) is 13.3. The van der Waals surface area contributed by atoms with Crippen molar-refractivity contribution in [2.75, 3.05) is 6.54 Å². The summed E-state index contributed by atoms with van der Waals surface area (Å²) in [5, 5.41) is 16.3. The van der Waals surface area contributed by atoms with Gasteiger partial charge < -0.3 is 31.1 Å². The number of alkyl carbamates (subject to hydrolysis) is 1. The van der Waals surface area contributed by atoms with Gasteiger partial charge in [0.2, 0.25) is 17.7 Å². The predicted molar refractivity (Wildman–Crippen MR) is 147 cm³/mol. The number of likely N-dealkylation sites (tertiary alicyclic amines) is 1. The Bertz CT molecular complexity index is 877. The molecule has 10 nitrogen and oxygen atoms in total. The summed E-state index contributed by atoms with van der Waals surface area (Å²) in [6.07, 6.45) is 6.73. The zero-order chi connectivity index (χ0) is 28.9. The molecule has 3 aliphatic rings. The number of nitrogens with one attached hydrogen (secondary N) is 2. The SMILES string of the molecule is CC(C)C1CCN(C(=O)[C@@H](NC(=O)OC(C)(C)C)C2CCCCC2)[C@@H]1C(=O)NC(CC1CCC1)C(O)C(N)=O. The molecule has 1 heterocycles. The number of aliphatic hydroxyl groups excluding tert-OH is 1. The van der Waals surface area contributed by atoms with Crippen LogP contribution in [0.15, 0.2) is 0 Å². The van der Waals surface area contributed by atoms with Gasteiger partial charge in [0.05, 0.1) is 6.04 Å². The highest BCUT2D eigenvalue weighted by Gasteiger charge is 2.47. The Kier molecular flexibility index (Phi) is 10.7. The van der Waals surface area contributed by atoms with Crippen LogP contribution in [0.2, 0.25) is 0 Å². The first-order valence-corrected chi connectivity index (χ1v) is 14.9. The van der Waals surface area contributed by atoms with Crippen LogP contribution in [0.25, 0.3) is 0 Å². The lowest BCUT2D eigenvalue weighted by Gasteiger charge is -2.37. The van der Waals surface area contributed by atoms with Crippen molar-refractivity contribution in [1.82, 2.24) is 15.5 Å². The molecule has 3 fully saturated rings. The molecule has 0 aromatic heterocycles. The maximum Gasteiger partial charge on any atom is 0.408 e. The predicted octanol–water partition coefficient (Wildman–Crippen LogP) is 2.85. The highest BCUT2D eigenvalue weighted by Crippen LogP contribution is 2.35. The molecule has 0 bridgehead atoms. The normalized spacial score (nSPS) is 24.9. The summed E-state index contributed by atoms with van der Waals surface area (Å²) in [6, 6.07) is -2.36. The minimum absolute atomic E-state index is 0.0383. The molecule has 5 N–H and O–H groups in total. The van der Waals surface area contributed by atoms with Gasteiger partial charge in [0, 0.05) is 6.54 Å². The molecule has 5 atom stereocenters. The maximum atomic E-state index is 14.1. The third-order valence-corrected chi connectivity index (χ3v) is 8.72. The Morgan fingerprint density at radius 1 is 0.974 bits per heavy atom. The van der Waals surface area contributed by atoms with Crippen molar-refractivity contribution in [1.29, 1.82) is 0 Å². The van der Waals surface area contributed by atoms with Crippen molar-refractivity contribution in [2.45, 2.75) is 129 Å². The minimum atomic E-state index is -1.50. The Balaban J connectivity index is 1.84. The van der Waals surface area contributed by atoms with Crippen molar-refractivity contribution >= 4 is 23.8 Å². The van der Waals surface area contributed by atoms with Crippen LogP contribution in [0.1, 0.15) is 98.8 Å². The lowest BCUT2D eigenvalue weighted by atomic mass is 9.79. The molecule has 0 aromatic rings. The van der Waals surface area contributed by atoms with E-state index in [-0.39, 0.29) is 29.6 Å². The fourth-order valence-electron chi connectivity index (χ4n) is 6.38. The number of rotatable bonds is 10. The summed E-state index contributed by atoms with van der Waals surface area (Å²) in [5.74, 6) is -1.23. The average Bonchev–Trinajstić information content (AvgIpc) is 3.28. The molecular weight excluding hydrogens is 500 g/mol. The Morgan fingerprint density at radius 2 is 1.62 bits per heavy atom. The summed E-state index contributed by atoms with van der Waals surface area (Å²) < 4.78 is 5.49. The van der Waals surface area contributed by atoms with Gasteiger partial charge >= 0.3 is 6.09 Å². The van der Waals surface area contributed by atoms with Gasteiger partial charge in [-0.3, -0.25) is 14.4 Å². The fraction of sp³-hybridized carbons (Fsp3) is 0.862. The van der Waals surface area contributed by atoms with Crippen LogP contribution >= 0.6 is 0 Å². The van der Waals surface area contributed by atoms with Crippen LogP contribution in [0.3, 0.4) is 0 Å². The monoisotopic (exact) mass is 550 g/mol. The summed E-state index contributed by atoms with van der Waals surface area (Å²) in [4.78, 5) is 54.2. The molecule has 2 saturated carbocycles. The number of carbonyl (C=O) groups is 4. The van der Waals surface area contributed by atoms with E-state index in [1.165, 1.54) is 0 Å². The first-order valence-electron chi connectivity index (χ1n) is 14.9. The zero-order valence-electron chi connectivity index (χ0n) is 24.4. The van der Waals surface area contributed by atoms with Gasteiger partial charge in [-0.25, -0.2) is 4.79 Å². The van der Waals surface area contributed by atoms with E-state index in [0.717, 1.165) is 51.4 Å². The molecule has 0 aromatic carbocycles. The molecule has 39 heavy (non-hydrogen) atoms. The third kappa shape index (κ3) is 8.32. The molecule has 1 aliphatic heterocycles. The van der Waals surface area contributed by atoms with Crippen LogP contribution in [0.5, 0.6) is 0 Å². The Labute approximate surface area is 233 Å². The van der Waals surface area contributed by atoms with Crippen LogP contribution in [-0.2, 0) is 19.1 Å². The van der Waals surface area contributed by atoms with E-state index in [0.29, 0.717) is 25.3 Å². The standard InChI is InChI=1S/C29H50N4O6/c1-17(2)20-14-15-33(23(20)26(36)31-21(24(34)25(30)35)16-18-10-9-11-18)27(37)22(19-12-7-6-8-13-19)32-28(38)39-29(3,4)5/h17-24,34H,6-16H2,1-5H3,(H2,30,35)(H,31,36)(H,32,38)/t20?,21?,22-,23-,24?/m0/s1. The molecule has 3 rings (SSSR count). The lowest BCUT2D eigenvalue weighted by molar-refractivity contribution is -0.143. The number of hydrogen-bond acceptors (Lipinski definition) is 6. The highest BCUT2D eigenvalue weighted by molar-refractivity contribution is 5.93. The summed E-state index contributed by atoms with van der Waals surface area (Å²) >= 11 is 0. The molecule has 2 aliphatic carbocycles. The number of carbonyl (C=O) groups excluding carboxylic acids is 4. The van der Waals surface area contributed by atoms with Crippen LogP contribution in [-0.4, -0.2) is 70.2 Å². The highest BCUT2D eigenvalue weighted by atomic mass is 16.6. The zero-order valence-corrected chi connectivity index (χ0v) is 24.4. The molecular formula is C29H50N4O6. The van der Waals surface area contributed by atoms with Crippen molar-refractivity contribution < 1.29 is 29.0 Å². The van der Waals surface area contributed by atoms with E-state index >= 15 is 0 Å². The van der Waals surface area contributed by atoms with E-state index in [9.17, 15) is 24.3 Å². The van der Waals surface area contributed by atoms with E-state index in [1.807, 2.05) is 13.8 Å². The van der Waals surface area contributed by atoms with Crippen molar-refractivity contribution in [3.63, 3.8) is 0 Å². The Morgan fingerprint density at radius 3 is 2.13 bits per heavy atom. The molecule has 222 valence electrons. The van der Waals surface area contributed by atoms with Gasteiger partial charge in [-0.15, -0.1) is 0 Å². The van der Waals surface area contributed by atoms with Gasteiger partial charge in [-0.05, 0) is 70.1 Å². The van der Waals surface area contributed by atoms with Gasteiger partial charge in [0.1, 0.15) is 17.7 Å². The van der Waals surface area contributed by atoms with Crippen LogP contribution in [0.4, 0.5) is 4.79 Å². The van der Waals surface area contributed by atoms with Gasteiger partial charge in [-0.1, -0.05) is 52.4 Å². The molecule has 0 spiro atoms. The third-order valence-electron chi connectivity index (χ3n) is 8.72. The van der Waals surface area contributed by atoms with Crippen molar-refractivity contribution in [2.24, 2.45) is 29.4 Å². The minimum Gasteiger partial charge on any atom is -0.444 e. The van der Waals surface area contributed by atoms with Gasteiger partial charge in [0.25, 0.3) is 0 Å². The molecule has 10 heteroatoms. The summed E-state index contributed by atoms with van der Waals surface area (Å²) in [5.41, 5.74) is 4.70. The summed E-state index contributed by atoms with van der Waals surface area (Å²) in [7, 11) is 0. The summed E-state index contributed by atoms with van der Waals surface area (Å²) in [6.45, 7) is 9.78.